The lowest BCUT2D eigenvalue weighted by atomic mass is 9.90. The van der Waals surface area contributed by atoms with Gasteiger partial charge < -0.3 is 24.8 Å². The number of nitrogens with one attached hydrogen (secondary N) is 2. The average Bonchev–Trinajstić information content (AvgIpc) is 2.82. The second-order valence-corrected chi connectivity index (χ2v) is 8.42. The predicted octanol–water partition coefficient (Wildman–Crippen LogP) is 3.93. The van der Waals surface area contributed by atoms with E-state index in [2.05, 4.69) is 10.6 Å². The molecule has 36 heavy (non-hydrogen) atoms. The molecule has 1 aliphatic heterocycles. The second kappa shape index (κ2) is 12.9. The summed E-state index contributed by atoms with van der Waals surface area (Å²) in [7, 11) is 0. The third-order valence-electron chi connectivity index (χ3n) is 5.77. The zero-order valence-corrected chi connectivity index (χ0v) is 21.4. The lowest BCUT2D eigenvalue weighted by molar-refractivity contribution is -0.145. The number of amides is 2. The van der Waals surface area contributed by atoms with Crippen molar-refractivity contribution in [2.75, 3.05) is 43.5 Å². The van der Waals surface area contributed by atoms with Crippen LogP contribution < -0.4 is 20.1 Å². The van der Waals surface area contributed by atoms with Gasteiger partial charge in [0, 0.05) is 30.9 Å². The Balaban J connectivity index is 1.81. The predicted molar refractivity (Wildman–Crippen MR) is 137 cm³/mol. The number of carbonyl (C=O) groups is 3. The maximum absolute atomic E-state index is 12.9. The highest BCUT2D eigenvalue weighted by atomic mass is 16.5. The summed E-state index contributed by atoms with van der Waals surface area (Å²) in [6.07, 6.45) is 0.832. The van der Waals surface area contributed by atoms with E-state index in [0.717, 1.165) is 11.1 Å². The fourth-order valence-corrected chi connectivity index (χ4v) is 4.33. The minimum Gasteiger partial charge on any atom is -0.490 e. The van der Waals surface area contributed by atoms with E-state index in [4.69, 9.17) is 14.2 Å². The van der Waals surface area contributed by atoms with E-state index >= 15 is 0 Å². The monoisotopic (exact) mass is 497 g/mol. The number of hydrogen-bond acceptors (Lipinski definition) is 7. The van der Waals surface area contributed by atoms with Gasteiger partial charge in [-0.3, -0.25) is 19.3 Å². The fourth-order valence-electron chi connectivity index (χ4n) is 4.33. The SMILES string of the molecule is CCOC(=O)C[C@H]1c2cc(OCC)c(OCC)cc2CCN1CC(=O)Nc1ccc(NC(C)=O)cc1. The van der Waals surface area contributed by atoms with E-state index in [-0.39, 0.29) is 36.8 Å². The number of esters is 1. The van der Waals surface area contributed by atoms with Crippen LogP contribution in [0.5, 0.6) is 11.5 Å². The molecular weight excluding hydrogens is 462 g/mol. The van der Waals surface area contributed by atoms with E-state index in [9.17, 15) is 14.4 Å². The Hall–Kier alpha value is -3.59. The smallest absolute Gasteiger partial charge is 0.307 e. The van der Waals surface area contributed by atoms with Crippen molar-refractivity contribution in [3.63, 3.8) is 0 Å². The highest BCUT2D eigenvalue weighted by Gasteiger charge is 2.32. The molecule has 0 aliphatic carbocycles. The second-order valence-electron chi connectivity index (χ2n) is 8.42. The maximum atomic E-state index is 12.9. The zero-order valence-electron chi connectivity index (χ0n) is 21.4. The van der Waals surface area contributed by atoms with Gasteiger partial charge in [-0.25, -0.2) is 0 Å². The van der Waals surface area contributed by atoms with E-state index in [1.54, 1.807) is 31.2 Å². The van der Waals surface area contributed by atoms with Crippen LogP contribution in [0.1, 0.15) is 51.3 Å². The summed E-state index contributed by atoms with van der Waals surface area (Å²) < 4.78 is 16.8. The first-order chi connectivity index (χ1) is 17.3. The molecule has 194 valence electrons. The minimum absolute atomic E-state index is 0.105. The third kappa shape index (κ3) is 7.21. The molecule has 0 spiro atoms. The number of anilines is 2. The van der Waals surface area contributed by atoms with Gasteiger partial charge in [-0.15, -0.1) is 0 Å². The number of ether oxygens (including phenoxy) is 3. The van der Waals surface area contributed by atoms with Crippen molar-refractivity contribution in [2.24, 2.45) is 0 Å². The highest BCUT2D eigenvalue weighted by Crippen LogP contribution is 2.40. The van der Waals surface area contributed by atoms with Crippen LogP contribution in [-0.2, 0) is 25.5 Å². The van der Waals surface area contributed by atoms with Gasteiger partial charge in [-0.2, -0.15) is 0 Å². The molecule has 9 nitrogen and oxygen atoms in total. The summed E-state index contributed by atoms with van der Waals surface area (Å²) in [4.78, 5) is 38.6. The Bertz CT molecular complexity index is 1070. The molecule has 9 heteroatoms. The standard InChI is InChI=1S/C27H35N3O6/c1-5-34-24-14-19-12-13-30(17-26(32)29-21-10-8-20(9-11-21)28-18(4)31)23(16-27(33)36-7-3)22(19)15-25(24)35-6-2/h8-11,14-15,23H,5-7,12-13,16-17H2,1-4H3,(H,28,31)(H,29,32)/t23-/m0/s1. The Morgan fingerprint density at radius 3 is 2.11 bits per heavy atom. The summed E-state index contributed by atoms with van der Waals surface area (Å²) >= 11 is 0. The molecule has 1 heterocycles. The van der Waals surface area contributed by atoms with Crippen LogP contribution in [0.3, 0.4) is 0 Å². The number of rotatable bonds is 11. The van der Waals surface area contributed by atoms with Crippen molar-refractivity contribution in [3.8, 4) is 11.5 Å². The van der Waals surface area contributed by atoms with Crippen molar-refractivity contribution in [2.45, 2.75) is 46.6 Å². The molecule has 2 aromatic carbocycles. The Morgan fingerprint density at radius 1 is 0.917 bits per heavy atom. The van der Waals surface area contributed by atoms with Crippen molar-refractivity contribution in [1.29, 1.82) is 0 Å². The molecule has 2 aromatic rings. The average molecular weight is 498 g/mol. The van der Waals surface area contributed by atoms with Gasteiger partial charge in [-0.05, 0) is 74.7 Å². The minimum atomic E-state index is -0.337. The molecule has 0 aromatic heterocycles. The van der Waals surface area contributed by atoms with Gasteiger partial charge in [0.15, 0.2) is 11.5 Å². The molecule has 0 saturated heterocycles. The summed E-state index contributed by atoms with van der Waals surface area (Å²) in [5.74, 6) is 0.627. The highest BCUT2D eigenvalue weighted by molar-refractivity contribution is 5.93. The van der Waals surface area contributed by atoms with Gasteiger partial charge in [0.05, 0.1) is 32.8 Å². The number of hydrogen-bond donors (Lipinski definition) is 2. The fraction of sp³-hybridized carbons (Fsp3) is 0.444. The van der Waals surface area contributed by atoms with Gasteiger partial charge in [0.2, 0.25) is 11.8 Å². The van der Waals surface area contributed by atoms with Crippen LogP contribution in [0.2, 0.25) is 0 Å². The topological polar surface area (TPSA) is 106 Å². The molecule has 2 amide bonds. The van der Waals surface area contributed by atoms with E-state index in [1.807, 2.05) is 30.9 Å². The van der Waals surface area contributed by atoms with Crippen LogP contribution in [0.4, 0.5) is 11.4 Å². The normalized spacial score (nSPS) is 14.9. The molecule has 0 radical (unpaired) electrons. The Morgan fingerprint density at radius 2 is 1.53 bits per heavy atom. The van der Waals surface area contributed by atoms with Crippen LogP contribution in [-0.4, -0.2) is 55.6 Å². The lowest BCUT2D eigenvalue weighted by Gasteiger charge is -2.37. The molecule has 0 fully saturated rings. The van der Waals surface area contributed by atoms with Crippen molar-refractivity contribution in [1.82, 2.24) is 4.90 Å². The number of fused-ring (bicyclic) bond motifs is 1. The van der Waals surface area contributed by atoms with E-state index in [0.29, 0.717) is 55.7 Å². The third-order valence-corrected chi connectivity index (χ3v) is 5.77. The van der Waals surface area contributed by atoms with Gasteiger partial charge in [-0.1, -0.05) is 0 Å². The maximum Gasteiger partial charge on any atom is 0.307 e. The summed E-state index contributed by atoms with van der Waals surface area (Å²) in [5.41, 5.74) is 3.28. The first-order valence-corrected chi connectivity index (χ1v) is 12.3. The number of carbonyl (C=O) groups excluding carboxylic acids is 3. The van der Waals surface area contributed by atoms with E-state index < -0.39 is 0 Å². The van der Waals surface area contributed by atoms with Crippen LogP contribution >= 0.6 is 0 Å². The molecule has 2 N–H and O–H groups in total. The first-order valence-electron chi connectivity index (χ1n) is 12.3. The van der Waals surface area contributed by atoms with Crippen molar-refractivity contribution < 1.29 is 28.6 Å². The van der Waals surface area contributed by atoms with Gasteiger partial charge in [0.25, 0.3) is 0 Å². The molecule has 0 saturated carbocycles. The van der Waals surface area contributed by atoms with Gasteiger partial charge in [0.1, 0.15) is 0 Å². The summed E-state index contributed by atoms with van der Waals surface area (Å²) in [6.45, 7) is 9.04. The Labute approximate surface area is 212 Å². The first kappa shape index (κ1) is 27.0. The van der Waals surface area contributed by atoms with Gasteiger partial charge >= 0.3 is 5.97 Å². The zero-order chi connectivity index (χ0) is 26.1. The summed E-state index contributed by atoms with van der Waals surface area (Å²) in [5, 5.41) is 5.59. The molecule has 0 unspecified atom stereocenters. The Kier molecular flexibility index (Phi) is 9.69. The van der Waals surface area contributed by atoms with Crippen LogP contribution in [0.15, 0.2) is 36.4 Å². The molecule has 1 aliphatic rings. The lowest BCUT2D eigenvalue weighted by Crippen LogP contribution is -2.41. The number of nitrogens with zero attached hydrogens (tertiary/aromatic N) is 1. The molecule has 1 atom stereocenters. The molecule has 3 rings (SSSR count). The quantitative estimate of drug-likeness (QED) is 0.453. The molecular formula is C27H35N3O6. The summed E-state index contributed by atoms with van der Waals surface area (Å²) in [6, 6.07) is 10.5. The number of benzene rings is 2. The largest absolute Gasteiger partial charge is 0.490 e. The van der Waals surface area contributed by atoms with Crippen molar-refractivity contribution in [3.05, 3.63) is 47.5 Å². The van der Waals surface area contributed by atoms with Crippen LogP contribution in [0.25, 0.3) is 0 Å². The molecule has 0 bridgehead atoms. The van der Waals surface area contributed by atoms with Crippen molar-refractivity contribution >= 4 is 29.2 Å². The van der Waals surface area contributed by atoms with E-state index in [1.165, 1.54) is 6.92 Å². The van der Waals surface area contributed by atoms with Crippen LogP contribution in [0, 0.1) is 0 Å².